The molecule has 2 saturated heterocycles. The van der Waals surface area contributed by atoms with Gasteiger partial charge in [0.15, 0.2) is 5.13 Å². The molecule has 0 atom stereocenters. The Kier molecular flexibility index (Phi) is 5.73. The smallest absolute Gasteiger partial charge is 0.246 e. The van der Waals surface area contributed by atoms with E-state index in [0.717, 1.165) is 59.7 Å². The van der Waals surface area contributed by atoms with Crippen LogP contribution in [0, 0.1) is 0 Å². The summed E-state index contributed by atoms with van der Waals surface area (Å²) in [5.41, 5.74) is 8.16. The molecule has 10 heteroatoms. The van der Waals surface area contributed by atoms with E-state index in [1.807, 2.05) is 18.2 Å². The first-order chi connectivity index (χ1) is 15.6. The number of nitrogens with two attached hydrogens (primary N) is 1. The van der Waals surface area contributed by atoms with Crippen LogP contribution in [0.1, 0.15) is 5.56 Å². The third kappa shape index (κ3) is 4.16. The molecule has 0 aromatic carbocycles. The highest BCUT2D eigenvalue weighted by Gasteiger charge is 2.37. The number of morpholine rings is 1. The average Bonchev–Trinajstić information content (AvgIpc) is 3.19. The van der Waals surface area contributed by atoms with Crippen molar-refractivity contribution in [2.24, 2.45) is 0 Å². The molecule has 3 aromatic heterocycles. The Morgan fingerprint density at radius 1 is 1.31 bits per heavy atom. The number of fused-ring (bicyclic) bond motifs is 1. The summed E-state index contributed by atoms with van der Waals surface area (Å²) < 4.78 is 5.46. The fraction of sp³-hybridized carbons (Fsp3) is 0.364. The lowest BCUT2D eigenvalue weighted by atomic mass is 10.1. The fourth-order valence-corrected chi connectivity index (χ4v) is 5.05. The summed E-state index contributed by atoms with van der Waals surface area (Å²) in [5.74, 6) is 1.14. The Morgan fingerprint density at radius 3 is 2.88 bits per heavy atom. The van der Waals surface area contributed by atoms with Crippen LogP contribution < -0.4 is 10.6 Å². The molecule has 2 aliphatic heterocycles. The number of nitrogens with zero attached hydrogens (tertiary/aromatic N) is 6. The maximum Gasteiger partial charge on any atom is 0.246 e. The van der Waals surface area contributed by atoms with Crippen LogP contribution >= 0.6 is 11.3 Å². The predicted octanol–water partition coefficient (Wildman–Crippen LogP) is 2.04. The highest BCUT2D eigenvalue weighted by Crippen LogP contribution is 2.36. The van der Waals surface area contributed by atoms with Gasteiger partial charge in [-0.1, -0.05) is 17.9 Å². The van der Waals surface area contributed by atoms with E-state index in [2.05, 4.69) is 32.4 Å². The van der Waals surface area contributed by atoms with E-state index in [4.69, 9.17) is 15.5 Å². The first kappa shape index (κ1) is 20.8. The molecule has 166 valence electrons. The third-order valence-corrected chi connectivity index (χ3v) is 6.70. The Balaban J connectivity index is 1.48. The zero-order chi connectivity index (χ0) is 22.1. The van der Waals surface area contributed by atoms with Crippen LogP contribution in [0.4, 0.5) is 16.8 Å². The van der Waals surface area contributed by atoms with Crippen molar-refractivity contribution >= 4 is 44.4 Å². The lowest BCUT2D eigenvalue weighted by Gasteiger charge is -2.44. The molecule has 3 aromatic rings. The second kappa shape index (κ2) is 8.81. The number of thiazole rings is 1. The number of hydrogen-bond acceptors (Lipinski definition) is 9. The molecule has 0 saturated carbocycles. The number of carbonyl (C=O) groups is 1. The van der Waals surface area contributed by atoms with Gasteiger partial charge in [0.1, 0.15) is 22.0 Å². The van der Waals surface area contributed by atoms with Crippen molar-refractivity contribution in [3.05, 3.63) is 48.7 Å². The molecular formula is C22H25N7O2S. The van der Waals surface area contributed by atoms with Crippen LogP contribution in [0.3, 0.4) is 0 Å². The summed E-state index contributed by atoms with van der Waals surface area (Å²) in [6.45, 7) is 8.80. The van der Waals surface area contributed by atoms with Gasteiger partial charge >= 0.3 is 0 Å². The summed E-state index contributed by atoms with van der Waals surface area (Å²) in [7, 11) is 0. The maximum atomic E-state index is 12.0. The molecule has 0 bridgehead atoms. The molecular weight excluding hydrogens is 426 g/mol. The summed E-state index contributed by atoms with van der Waals surface area (Å²) in [6.07, 6.45) is 3.11. The Labute approximate surface area is 190 Å². The summed E-state index contributed by atoms with van der Waals surface area (Å²) >= 11 is 1.51. The maximum absolute atomic E-state index is 12.0. The minimum atomic E-state index is -0.0688. The van der Waals surface area contributed by atoms with Gasteiger partial charge in [-0.2, -0.15) is 0 Å². The van der Waals surface area contributed by atoms with Crippen molar-refractivity contribution in [1.29, 1.82) is 0 Å². The fourth-order valence-electron chi connectivity index (χ4n) is 4.06. The minimum Gasteiger partial charge on any atom is -0.384 e. The monoisotopic (exact) mass is 451 g/mol. The van der Waals surface area contributed by atoms with Gasteiger partial charge in [0.2, 0.25) is 5.91 Å². The highest BCUT2D eigenvalue weighted by molar-refractivity contribution is 7.21. The summed E-state index contributed by atoms with van der Waals surface area (Å²) in [5, 5.41) is 0.796. The molecule has 32 heavy (non-hydrogen) atoms. The van der Waals surface area contributed by atoms with Crippen LogP contribution in [-0.2, 0) is 16.1 Å². The molecule has 2 aliphatic rings. The highest BCUT2D eigenvalue weighted by atomic mass is 32.1. The zero-order valence-electron chi connectivity index (χ0n) is 17.7. The van der Waals surface area contributed by atoms with Crippen LogP contribution in [0.25, 0.3) is 10.3 Å². The van der Waals surface area contributed by atoms with Crippen LogP contribution in [0.2, 0.25) is 0 Å². The Bertz CT molecular complexity index is 1110. The number of hydrogen-bond donors (Lipinski definition) is 1. The van der Waals surface area contributed by atoms with Crippen molar-refractivity contribution in [1.82, 2.24) is 24.8 Å². The van der Waals surface area contributed by atoms with E-state index in [0.29, 0.717) is 18.9 Å². The number of likely N-dealkylation sites (tertiary alicyclic amines) is 1. The largest absolute Gasteiger partial charge is 0.384 e. The molecule has 0 aliphatic carbocycles. The molecule has 1 amide bonds. The van der Waals surface area contributed by atoms with Crippen molar-refractivity contribution < 1.29 is 9.53 Å². The second-order valence-electron chi connectivity index (χ2n) is 7.94. The average molecular weight is 452 g/mol. The van der Waals surface area contributed by atoms with E-state index in [1.54, 1.807) is 11.1 Å². The minimum absolute atomic E-state index is 0.0463. The van der Waals surface area contributed by atoms with E-state index in [-0.39, 0.29) is 11.9 Å². The van der Waals surface area contributed by atoms with E-state index in [9.17, 15) is 4.79 Å². The Morgan fingerprint density at radius 2 is 2.12 bits per heavy atom. The zero-order valence-corrected chi connectivity index (χ0v) is 18.5. The predicted molar refractivity (Wildman–Crippen MR) is 125 cm³/mol. The summed E-state index contributed by atoms with van der Waals surface area (Å²) in [6, 6.07) is 7.87. The number of anilines is 3. The number of amides is 1. The summed E-state index contributed by atoms with van der Waals surface area (Å²) in [4.78, 5) is 33.0. The van der Waals surface area contributed by atoms with Crippen molar-refractivity contribution in [3.8, 4) is 0 Å². The number of pyridine rings is 2. The lowest BCUT2D eigenvalue weighted by Crippen LogP contribution is -2.60. The first-order valence-electron chi connectivity index (χ1n) is 10.6. The molecule has 9 nitrogen and oxygen atoms in total. The van der Waals surface area contributed by atoms with Crippen molar-refractivity contribution in [3.63, 3.8) is 0 Å². The number of aromatic nitrogens is 3. The second-order valence-corrected chi connectivity index (χ2v) is 8.90. The SMILES string of the molecule is C=CC(=O)N1CC(N(c2cc(CN3CCOCC3)cc(N)n2)c2nc3cccnc3s2)C1. The van der Waals surface area contributed by atoms with E-state index < -0.39 is 0 Å². The molecule has 5 rings (SSSR count). The molecule has 0 spiro atoms. The van der Waals surface area contributed by atoms with Gasteiger partial charge in [-0.05, 0) is 35.9 Å². The van der Waals surface area contributed by atoms with Gasteiger partial charge in [0.25, 0.3) is 0 Å². The molecule has 5 heterocycles. The molecule has 2 N–H and O–H groups in total. The van der Waals surface area contributed by atoms with Crippen molar-refractivity contribution in [2.75, 3.05) is 50.0 Å². The topological polar surface area (TPSA) is 101 Å². The standard InChI is InChI=1S/C22H25N7O2S/c1-2-20(30)28-13-16(14-28)29(22-25-17-4-3-5-24-21(17)32-22)19-11-15(10-18(23)26-19)12-27-6-8-31-9-7-27/h2-5,10-11,16H,1,6-9,12-14H2,(H2,23,26). The number of ether oxygens (including phenoxy) is 1. The normalized spacial score (nSPS) is 17.3. The van der Waals surface area contributed by atoms with Gasteiger partial charge in [-0.3, -0.25) is 14.6 Å². The van der Waals surface area contributed by atoms with Crippen molar-refractivity contribution in [2.45, 2.75) is 12.6 Å². The number of carbonyl (C=O) groups excluding carboxylic acids is 1. The molecule has 0 unspecified atom stereocenters. The third-order valence-electron chi connectivity index (χ3n) is 5.72. The van der Waals surface area contributed by atoms with Crippen LogP contribution in [0.5, 0.6) is 0 Å². The van der Waals surface area contributed by atoms with Gasteiger partial charge in [0, 0.05) is 38.9 Å². The number of nitrogen functional groups attached to an aromatic ring is 1. The van der Waals surface area contributed by atoms with E-state index >= 15 is 0 Å². The molecule has 2 fully saturated rings. The van der Waals surface area contributed by atoms with Gasteiger partial charge in [-0.15, -0.1) is 0 Å². The van der Waals surface area contributed by atoms with Gasteiger partial charge < -0.3 is 15.4 Å². The number of rotatable bonds is 6. The lowest BCUT2D eigenvalue weighted by molar-refractivity contribution is -0.130. The molecule has 0 radical (unpaired) electrons. The van der Waals surface area contributed by atoms with E-state index in [1.165, 1.54) is 17.4 Å². The van der Waals surface area contributed by atoms with Gasteiger partial charge in [0.05, 0.1) is 19.3 Å². The van der Waals surface area contributed by atoms with Crippen LogP contribution in [-0.4, -0.2) is 76.1 Å². The quantitative estimate of drug-likeness (QED) is 0.568. The van der Waals surface area contributed by atoms with Crippen LogP contribution in [0.15, 0.2) is 43.1 Å². The Hall–Kier alpha value is -3.08. The van der Waals surface area contributed by atoms with Gasteiger partial charge in [-0.25, -0.2) is 15.0 Å². The first-order valence-corrected chi connectivity index (χ1v) is 11.4.